The van der Waals surface area contributed by atoms with E-state index in [9.17, 15) is 0 Å². The van der Waals surface area contributed by atoms with Crippen molar-refractivity contribution in [1.82, 2.24) is 4.98 Å². The van der Waals surface area contributed by atoms with Gasteiger partial charge in [0.05, 0.1) is 0 Å². The lowest BCUT2D eigenvalue weighted by Gasteiger charge is -1.99. The number of hydrogen-bond acceptors (Lipinski definition) is 2. The zero-order chi connectivity index (χ0) is 14.9. The van der Waals surface area contributed by atoms with E-state index in [1.165, 1.54) is 5.56 Å². The SMILES string of the molecule is [B]c1ccc(-c2nc3cc(-c4ccccc4)ccc3o2)cc1. The van der Waals surface area contributed by atoms with E-state index in [2.05, 4.69) is 29.2 Å². The fourth-order valence-electron chi connectivity index (χ4n) is 2.49. The van der Waals surface area contributed by atoms with Crippen molar-refractivity contribution in [3.05, 3.63) is 72.8 Å². The van der Waals surface area contributed by atoms with Crippen molar-refractivity contribution in [1.29, 1.82) is 0 Å². The average Bonchev–Trinajstić information content (AvgIpc) is 2.99. The van der Waals surface area contributed by atoms with Crippen LogP contribution in [-0.4, -0.2) is 12.8 Å². The third-order valence-electron chi connectivity index (χ3n) is 3.65. The molecule has 0 unspecified atom stereocenters. The highest BCUT2D eigenvalue weighted by atomic mass is 16.3. The van der Waals surface area contributed by atoms with Gasteiger partial charge in [0.15, 0.2) is 5.58 Å². The maximum atomic E-state index is 5.83. The zero-order valence-corrected chi connectivity index (χ0v) is 11.9. The van der Waals surface area contributed by atoms with Crippen molar-refractivity contribution in [2.45, 2.75) is 0 Å². The number of nitrogens with zero attached hydrogens (tertiary/aromatic N) is 1. The van der Waals surface area contributed by atoms with E-state index in [0.717, 1.165) is 27.7 Å². The van der Waals surface area contributed by atoms with Gasteiger partial charge in [-0.3, -0.25) is 0 Å². The van der Waals surface area contributed by atoms with Crippen LogP contribution in [0.25, 0.3) is 33.7 Å². The van der Waals surface area contributed by atoms with E-state index >= 15 is 0 Å². The summed E-state index contributed by atoms with van der Waals surface area (Å²) in [5.74, 6) is 0.611. The van der Waals surface area contributed by atoms with Crippen LogP contribution in [0.1, 0.15) is 0 Å². The minimum atomic E-state index is 0.611. The predicted molar refractivity (Wildman–Crippen MR) is 90.3 cm³/mol. The average molecular weight is 281 g/mol. The molecule has 0 aliphatic carbocycles. The van der Waals surface area contributed by atoms with Gasteiger partial charge in [0.25, 0.3) is 0 Å². The maximum Gasteiger partial charge on any atom is 0.227 e. The second-order valence-electron chi connectivity index (χ2n) is 5.19. The van der Waals surface area contributed by atoms with Gasteiger partial charge in [-0.1, -0.05) is 66.1 Å². The fraction of sp³-hybridized carbons (Fsp3) is 0. The summed E-state index contributed by atoms with van der Waals surface area (Å²) in [4.78, 5) is 4.59. The molecule has 0 atom stereocenters. The van der Waals surface area contributed by atoms with Crippen molar-refractivity contribution >= 4 is 24.4 Å². The molecule has 0 amide bonds. The molecule has 0 aliphatic rings. The second kappa shape index (κ2) is 5.19. The number of aromatic nitrogens is 1. The summed E-state index contributed by atoms with van der Waals surface area (Å²) in [7, 11) is 5.71. The molecule has 3 aromatic carbocycles. The number of rotatable bonds is 2. The Hall–Kier alpha value is -2.81. The Kier molecular flexibility index (Phi) is 3.04. The van der Waals surface area contributed by atoms with E-state index in [0.29, 0.717) is 5.89 Å². The Morgan fingerprint density at radius 2 is 1.45 bits per heavy atom. The Morgan fingerprint density at radius 1 is 0.727 bits per heavy atom. The van der Waals surface area contributed by atoms with Crippen LogP contribution in [0.4, 0.5) is 0 Å². The molecule has 4 rings (SSSR count). The molecule has 0 bridgehead atoms. The van der Waals surface area contributed by atoms with Crippen LogP contribution in [0.2, 0.25) is 0 Å². The molecule has 1 heterocycles. The van der Waals surface area contributed by atoms with Crippen LogP contribution in [0.15, 0.2) is 77.2 Å². The molecule has 3 heteroatoms. The van der Waals surface area contributed by atoms with Crippen molar-refractivity contribution in [3.8, 4) is 22.6 Å². The number of hydrogen-bond donors (Lipinski definition) is 0. The van der Waals surface area contributed by atoms with Gasteiger partial charge in [0.2, 0.25) is 5.89 Å². The minimum Gasteiger partial charge on any atom is -0.436 e. The molecule has 0 saturated heterocycles. The standard InChI is InChI=1S/C19H12BNO/c20-16-9-6-14(7-10-16)19-21-17-12-15(8-11-18(17)22-19)13-4-2-1-3-5-13/h1-12H. The molecular weight excluding hydrogens is 269 g/mol. The van der Waals surface area contributed by atoms with E-state index in [1.807, 2.05) is 48.5 Å². The van der Waals surface area contributed by atoms with Gasteiger partial charge in [0.1, 0.15) is 13.4 Å². The van der Waals surface area contributed by atoms with E-state index in [4.69, 9.17) is 12.3 Å². The third kappa shape index (κ3) is 2.31. The molecule has 0 fully saturated rings. The number of benzene rings is 3. The second-order valence-corrected chi connectivity index (χ2v) is 5.19. The first-order chi connectivity index (χ1) is 10.8. The van der Waals surface area contributed by atoms with Crippen LogP contribution in [0, 0.1) is 0 Å². The highest BCUT2D eigenvalue weighted by Crippen LogP contribution is 2.28. The number of fused-ring (bicyclic) bond motifs is 1. The monoisotopic (exact) mass is 281 g/mol. The van der Waals surface area contributed by atoms with E-state index in [1.54, 1.807) is 0 Å². The normalized spacial score (nSPS) is 10.9. The number of oxazole rings is 1. The molecule has 1 aromatic heterocycles. The molecule has 22 heavy (non-hydrogen) atoms. The highest BCUT2D eigenvalue weighted by molar-refractivity contribution is 6.32. The smallest absolute Gasteiger partial charge is 0.227 e. The molecular formula is C19H12BNO. The molecule has 0 aliphatic heterocycles. The fourth-order valence-corrected chi connectivity index (χ4v) is 2.49. The van der Waals surface area contributed by atoms with Crippen LogP contribution < -0.4 is 5.46 Å². The van der Waals surface area contributed by atoms with Crippen LogP contribution in [0.5, 0.6) is 0 Å². The first-order valence-electron chi connectivity index (χ1n) is 7.11. The summed E-state index contributed by atoms with van der Waals surface area (Å²) in [6.45, 7) is 0. The van der Waals surface area contributed by atoms with Crippen LogP contribution >= 0.6 is 0 Å². The molecule has 102 valence electrons. The van der Waals surface area contributed by atoms with Gasteiger partial charge in [-0.25, -0.2) is 4.98 Å². The van der Waals surface area contributed by atoms with Gasteiger partial charge >= 0.3 is 0 Å². The van der Waals surface area contributed by atoms with Crippen molar-refractivity contribution in [3.63, 3.8) is 0 Å². The molecule has 2 radical (unpaired) electrons. The van der Waals surface area contributed by atoms with Gasteiger partial charge in [-0.15, -0.1) is 0 Å². The van der Waals surface area contributed by atoms with Crippen molar-refractivity contribution < 1.29 is 4.42 Å². The summed E-state index contributed by atoms with van der Waals surface area (Å²) >= 11 is 0. The van der Waals surface area contributed by atoms with E-state index in [-0.39, 0.29) is 0 Å². The molecule has 0 N–H and O–H groups in total. The van der Waals surface area contributed by atoms with Crippen LogP contribution in [0.3, 0.4) is 0 Å². The Bertz CT molecular complexity index is 927. The summed E-state index contributed by atoms with van der Waals surface area (Å²) in [5.41, 5.74) is 5.59. The third-order valence-corrected chi connectivity index (χ3v) is 3.65. The lowest BCUT2D eigenvalue weighted by molar-refractivity contribution is 0.620. The summed E-state index contributed by atoms with van der Waals surface area (Å²) in [6.07, 6.45) is 0. The molecule has 0 saturated carbocycles. The van der Waals surface area contributed by atoms with Crippen LogP contribution in [-0.2, 0) is 0 Å². The summed E-state index contributed by atoms with van der Waals surface area (Å²) < 4.78 is 5.83. The Balaban J connectivity index is 1.80. The first kappa shape index (κ1) is 12.9. The topological polar surface area (TPSA) is 26.0 Å². The van der Waals surface area contributed by atoms with Gasteiger partial charge < -0.3 is 4.42 Å². The molecule has 0 spiro atoms. The maximum absolute atomic E-state index is 5.83. The van der Waals surface area contributed by atoms with Gasteiger partial charge in [-0.2, -0.15) is 0 Å². The largest absolute Gasteiger partial charge is 0.436 e. The Morgan fingerprint density at radius 3 is 2.23 bits per heavy atom. The molecule has 4 aromatic rings. The zero-order valence-electron chi connectivity index (χ0n) is 11.9. The molecule has 2 nitrogen and oxygen atoms in total. The predicted octanol–water partition coefficient (Wildman–Crippen LogP) is 3.96. The van der Waals surface area contributed by atoms with Crippen molar-refractivity contribution in [2.24, 2.45) is 0 Å². The lowest BCUT2D eigenvalue weighted by atomic mass is 9.95. The Labute approximate surface area is 129 Å². The summed E-state index contributed by atoms with van der Waals surface area (Å²) in [6, 6.07) is 23.8. The minimum absolute atomic E-state index is 0.611. The quantitative estimate of drug-likeness (QED) is 0.520. The highest BCUT2D eigenvalue weighted by Gasteiger charge is 2.09. The lowest BCUT2D eigenvalue weighted by Crippen LogP contribution is -1.99. The van der Waals surface area contributed by atoms with Gasteiger partial charge in [0, 0.05) is 5.56 Å². The summed E-state index contributed by atoms with van der Waals surface area (Å²) in [5, 5.41) is 0. The van der Waals surface area contributed by atoms with Crippen molar-refractivity contribution in [2.75, 3.05) is 0 Å². The van der Waals surface area contributed by atoms with Gasteiger partial charge in [-0.05, 0) is 23.3 Å². The van der Waals surface area contributed by atoms with E-state index < -0.39 is 0 Å². The first-order valence-corrected chi connectivity index (χ1v) is 7.11.